The van der Waals surface area contributed by atoms with Crippen molar-refractivity contribution in [1.29, 1.82) is 0 Å². The number of rotatable bonds is 7. The molecule has 1 aromatic carbocycles. The Morgan fingerprint density at radius 3 is 2.56 bits per heavy atom. The molecule has 1 aromatic heterocycles. The Morgan fingerprint density at radius 1 is 1.20 bits per heavy atom. The topological polar surface area (TPSA) is 84.8 Å². The fourth-order valence-corrected chi connectivity index (χ4v) is 2.01. The molecule has 0 aliphatic heterocycles. The van der Waals surface area contributed by atoms with Gasteiger partial charge >= 0.3 is 0 Å². The molecule has 0 unspecified atom stereocenters. The first-order valence-corrected chi connectivity index (χ1v) is 8.25. The molecule has 25 heavy (non-hydrogen) atoms. The average Bonchev–Trinajstić information content (AvgIpc) is 3.13. The van der Waals surface area contributed by atoms with Gasteiger partial charge in [-0.1, -0.05) is 0 Å². The molecule has 0 bridgehead atoms. The van der Waals surface area contributed by atoms with Crippen molar-refractivity contribution in [2.24, 2.45) is 0 Å². The van der Waals surface area contributed by atoms with Gasteiger partial charge in [0, 0.05) is 0 Å². The summed E-state index contributed by atoms with van der Waals surface area (Å²) in [6.07, 6.45) is 0.883. The van der Waals surface area contributed by atoms with E-state index >= 15 is 0 Å². The quantitative estimate of drug-likeness (QED) is 0.513. The van der Waals surface area contributed by atoms with Crippen LogP contribution in [0.1, 0.15) is 19.6 Å². The third kappa shape index (κ3) is 6.34. The lowest BCUT2D eigenvalue weighted by atomic mass is 10.3. The van der Waals surface area contributed by atoms with Crippen LogP contribution in [0, 0.1) is 0 Å². The molecule has 0 saturated heterocycles. The highest BCUT2D eigenvalue weighted by molar-refractivity contribution is 7.80. The molecule has 2 rings (SSSR count). The Morgan fingerprint density at radius 2 is 1.92 bits per heavy atom. The summed E-state index contributed by atoms with van der Waals surface area (Å²) in [4.78, 5) is 12.0. The summed E-state index contributed by atoms with van der Waals surface area (Å²) in [7, 11) is 0. The molecule has 1 heterocycles. The fourth-order valence-electron chi connectivity index (χ4n) is 1.88. The summed E-state index contributed by atoms with van der Waals surface area (Å²) in [6, 6.07) is 10.7. The fraction of sp³-hybridized carbons (Fsp3) is 0.294. The minimum Gasteiger partial charge on any atom is -0.494 e. The van der Waals surface area contributed by atoms with E-state index < -0.39 is 6.10 Å². The maximum absolute atomic E-state index is 12.0. The van der Waals surface area contributed by atoms with Crippen molar-refractivity contribution in [2.45, 2.75) is 26.5 Å². The molecule has 0 fully saturated rings. The van der Waals surface area contributed by atoms with Gasteiger partial charge in [0.1, 0.15) is 17.3 Å². The zero-order valence-corrected chi connectivity index (χ0v) is 14.9. The SMILES string of the molecule is CCOc1ccc(O[C@@H](C)C(=O)NNC(=S)NCc2ccco2)cc1. The van der Waals surface area contributed by atoms with Gasteiger partial charge in [0.05, 0.1) is 19.4 Å². The number of thiocarbonyl (C=S) groups is 1. The Kier molecular flexibility index (Phi) is 7.09. The van der Waals surface area contributed by atoms with Crippen LogP contribution >= 0.6 is 12.2 Å². The van der Waals surface area contributed by atoms with Crippen LogP contribution in [0.2, 0.25) is 0 Å². The number of hydrazine groups is 1. The summed E-state index contributed by atoms with van der Waals surface area (Å²) in [6.45, 7) is 4.58. The molecule has 0 radical (unpaired) electrons. The molecule has 1 amide bonds. The molecule has 8 heteroatoms. The highest BCUT2D eigenvalue weighted by Gasteiger charge is 2.14. The zero-order chi connectivity index (χ0) is 18.1. The molecule has 0 saturated carbocycles. The van der Waals surface area contributed by atoms with E-state index in [0.29, 0.717) is 18.9 Å². The molecule has 1 atom stereocenters. The van der Waals surface area contributed by atoms with Crippen molar-refractivity contribution in [3.63, 3.8) is 0 Å². The van der Waals surface area contributed by atoms with Gasteiger partial charge in [0.15, 0.2) is 11.2 Å². The summed E-state index contributed by atoms with van der Waals surface area (Å²) in [5.74, 6) is 1.71. The molecule has 2 aromatic rings. The second-order valence-corrected chi connectivity index (χ2v) is 5.45. The van der Waals surface area contributed by atoms with Crippen molar-refractivity contribution in [3.05, 3.63) is 48.4 Å². The Labute approximate surface area is 151 Å². The molecular formula is C17H21N3O4S. The smallest absolute Gasteiger partial charge is 0.279 e. The van der Waals surface area contributed by atoms with E-state index in [1.54, 1.807) is 43.5 Å². The van der Waals surface area contributed by atoms with Crippen molar-refractivity contribution in [1.82, 2.24) is 16.2 Å². The maximum Gasteiger partial charge on any atom is 0.279 e. The van der Waals surface area contributed by atoms with Gasteiger partial charge in [-0.05, 0) is 62.5 Å². The first kappa shape index (κ1) is 18.6. The highest BCUT2D eigenvalue weighted by atomic mass is 32.1. The van der Waals surface area contributed by atoms with E-state index in [9.17, 15) is 4.79 Å². The van der Waals surface area contributed by atoms with Crippen LogP contribution in [0.25, 0.3) is 0 Å². The molecule has 0 spiro atoms. The lowest BCUT2D eigenvalue weighted by Crippen LogP contribution is -2.50. The first-order valence-electron chi connectivity index (χ1n) is 7.84. The van der Waals surface area contributed by atoms with Gasteiger partial charge in [-0.25, -0.2) is 0 Å². The molecule has 134 valence electrons. The van der Waals surface area contributed by atoms with Crippen LogP contribution in [0.3, 0.4) is 0 Å². The normalized spacial score (nSPS) is 11.3. The summed E-state index contributed by atoms with van der Waals surface area (Å²) in [5, 5.41) is 3.18. The molecule has 7 nitrogen and oxygen atoms in total. The Balaban J connectivity index is 1.71. The Bertz CT molecular complexity index is 674. The number of hydrogen-bond donors (Lipinski definition) is 3. The third-order valence-corrected chi connectivity index (χ3v) is 3.37. The lowest BCUT2D eigenvalue weighted by Gasteiger charge is -2.16. The minimum absolute atomic E-state index is 0.276. The van der Waals surface area contributed by atoms with E-state index in [1.165, 1.54) is 0 Å². The van der Waals surface area contributed by atoms with Gasteiger partial charge in [-0.2, -0.15) is 0 Å². The van der Waals surface area contributed by atoms with E-state index in [-0.39, 0.29) is 11.0 Å². The molecule has 0 aliphatic rings. The van der Waals surface area contributed by atoms with Crippen molar-refractivity contribution < 1.29 is 18.7 Å². The van der Waals surface area contributed by atoms with Crippen LogP contribution in [-0.4, -0.2) is 23.7 Å². The number of carbonyl (C=O) groups is 1. The van der Waals surface area contributed by atoms with Gasteiger partial charge in [0.25, 0.3) is 5.91 Å². The summed E-state index contributed by atoms with van der Waals surface area (Å²) < 4.78 is 16.1. The number of ether oxygens (including phenoxy) is 2. The van der Waals surface area contributed by atoms with Crippen LogP contribution in [0.15, 0.2) is 47.1 Å². The summed E-state index contributed by atoms with van der Waals surface area (Å²) in [5.41, 5.74) is 5.11. The van der Waals surface area contributed by atoms with E-state index in [4.69, 9.17) is 26.1 Å². The first-order chi connectivity index (χ1) is 12.1. The standard InChI is InChI=1S/C17H21N3O4S/c1-3-22-13-6-8-14(9-7-13)24-12(2)16(21)19-20-17(25)18-11-15-5-4-10-23-15/h4-10,12H,3,11H2,1-2H3,(H,19,21)(H2,18,20,25)/t12-/m0/s1. The van der Waals surface area contributed by atoms with Crippen molar-refractivity contribution in [2.75, 3.05) is 6.61 Å². The predicted octanol–water partition coefficient (Wildman–Crippen LogP) is 2.14. The van der Waals surface area contributed by atoms with Gasteiger partial charge < -0.3 is 19.2 Å². The second kappa shape index (κ2) is 9.53. The minimum atomic E-state index is -0.696. The number of amides is 1. The second-order valence-electron chi connectivity index (χ2n) is 5.04. The van der Waals surface area contributed by atoms with Gasteiger partial charge in [0.2, 0.25) is 0 Å². The Hall–Kier alpha value is -2.74. The van der Waals surface area contributed by atoms with E-state index in [0.717, 1.165) is 11.5 Å². The largest absolute Gasteiger partial charge is 0.494 e. The number of benzene rings is 1. The monoisotopic (exact) mass is 363 g/mol. The third-order valence-electron chi connectivity index (χ3n) is 3.12. The molecule has 0 aliphatic carbocycles. The van der Waals surface area contributed by atoms with Gasteiger partial charge in [-0.15, -0.1) is 0 Å². The zero-order valence-electron chi connectivity index (χ0n) is 14.1. The van der Waals surface area contributed by atoms with Crippen LogP contribution in [0.4, 0.5) is 0 Å². The van der Waals surface area contributed by atoms with Crippen LogP contribution in [0.5, 0.6) is 11.5 Å². The molecule has 3 N–H and O–H groups in total. The summed E-state index contributed by atoms with van der Waals surface area (Å²) >= 11 is 5.07. The van der Waals surface area contributed by atoms with Crippen molar-refractivity contribution in [3.8, 4) is 11.5 Å². The van der Waals surface area contributed by atoms with E-state index in [1.807, 2.05) is 13.0 Å². The van der Waals surface area contributed by atoms with Gasteiger partial charge in [-0.3, -0.25) is 15.6 Å². The lowest BCUT2D eigenvalue weighted by molar-refractivity contribution is -0.127. The number of nitrogens with one attached hydrogen (secondary N) is 3. The van der Waals surface area contributed by atoms with Crippen LogP contribution < -0.4 is 25.6 Å². The van der Waals surface area contributed by atoms with E-state index in [2.05, 4.69) is 16.2 Å². The maximum atomic E-state index is 12.0. The number of carbonyl (C=O) groups excluding carboxylic acids is 1. The molecular weight excluding hydrogens is 342 g/mol. The number of hydrogen-bond acceptors (Lipinski definition) is 5. The number of furan rings is 1. The average molecular weight is 363 g/mol. The predicted molar refractivity (Wildman–Crippen MR) is 97.1 cm³/mol. The van der Waals surface area contributed by atoms with Crippen molar-refractivity contribution >= 4 is 23.2 Å². The highest BCUT2D eigenvalue weighted by Crippen LogP contribution is 2.18. The van der Waals surface area contributed by atoms with Crippen LogP contribution in [-0.2, 0) is 11.3 Å².